The number of carbonyl (C=O) groups excluding carboxylic acids is 2. The lowest BCUT2D eigenvalue weighted by molar-refractivity contribution is -0.129. The first-order valence-corrected chi connectivity index (χ1v) is 11.4. The largest absolute Gasteiger partial charge is 0.434 e. The fourth-order valence-electron chi connectivity index (χ4n) is 4.05. The molecule has 8 heteroatoms. The Morgan fingerprint density at radius 2 is 1.68 bits per heavy atom. The van der Waals surface area contributed by atoms with Gasteiger partial charge in [-0.05, 0) is 54.7 Å². The molecule has 1 aliphatic heterocycles. The Kier molecular flexibility index (Phi) is 6.75. The summed E-state index contributed by atoms with van der Waals surface area (Å²) >= 11 is 1.54. The number of rotatable bonds is 6. The van der Waals surface area contributed by atoms with Crippen LogP contribution in [-0.2, 0) is 17.6 Å². The Morgan fingerprint density at radius 3 is 2.45 bits per heavy atom. The highest BCUT2D eigenvalue weighted by atomic mass is 32.2. The molecule has 1 saturated heterocycles. The van der Waals surface area contributed by atoms with Crippen molar-refractivity contribution in [1.29, 1.82) is 0 Å². The van der Waals surface area contributed by atoms with Crippen molar-refractivity contribution in [2.75, 3.05) is 31.9 Å². The monoisotopic (exact) mass is 446 g/mol. The lowest BCUT2D eigenvalue weighted by atomic mass is 10.1. The van der Waals surface area contributed by atoms with E-state index in [2.05, 4.69) is 22.9 Å². The van der Waals surface area contributed by atoms with Gasteiger partial charge in [0.15, 0.2) is 0 Å². The van der Waals surface area contributed by atoms with Crippen molar-refractivity contribution >= 4 is 23.6 Å². The number of fused-ring (bicyclic) bond motifs is 1. The first-order valence-electron chi connectivity index (χ1n) is 10.4. The predicted molar refractivity (Wildman–Crippen MR) is 115 cm³/mol. The fraction of sp³-hybridized carbons (Fsp3) is 0.391. The lowest BCUT2D eigenvalue weighted by Crippen LogP contribution is -2.51. The van der Waals surface area contributed by atoms with Crippen molar-refractivity contribution in [1.82, 2.24) is 9.80 Å². The second-order valence-electron chi connectivity index (χ2n) is 7.62. The molecule has 0 atom stereocenters. The maximum atomic E-state index is 12.8. The molecule has 0 spiro atoms. The molecule has 4 rings (SSSR count). The van der Waals surface area contributed by atoms with Gasteiger partial charge < -0.3 is 14.5 Å². The van der Waals surface area contributed by atoms with E-state index in [1.807, 2.05) is 0 Å². The molecule has 164 valence electrons. The second-order valence-corrected chi connectivity index (χ2v) is 8.67. The van der Waals surface area contributed by atoms with Gasteiger partial charge in [0.1, 0.15) is 5.75 Å². The number of carbonyl (C=O) groups is 2. The van der Waals surface area contributed by atoms with Crippen molar-refractivity contribution in [2.45, 2.75) is 30.8 Å². The van der Waals surface area contributed by atoms with Crippen LogP contribution < -0.4 is 4.74 Å². The molecule has 2 aliphatic rings. The third-order valence-corrected chi connectivity index (χ3v) is 6.66. The van der Waals surface area contributed by atoms with Gasteiger partial charge in [-0.1, -0.05) is 18.2 Å². The molecule has 5 nitrogen and oxygen atoms in total. The average molecular weight is 447 g/mol. The average Bonchev–Trinajstić information content (AvgIpc) is 3.25. The SMILES string of the molecule is O=C(CSc1ccc2c(c1)CCC2)N1CCN(C(=O)c2ccccc2OC(F)F)CC1. The molecule has 0 bridgehead atoms. The number of alkyl halides is 2. The number of nitrogens with zero attached hydrogens (tertiary/aromatic N) is 2. The summed E-state index contributed by atoms with van der Waals surface area (Å²) in [6, 6.07) is 12.4. The second kappa shape index (κ2) is 9.68. The first kappa shape index (κ1) is 21.6. The van der Waals surface area contributed by atoms with Crippen LogP contribution in [0, 0.1) is 0 Å². The number of hydrogen-bond donors (Lipinski definition) is 0. The highest BCUT2D eigenvalue weighted by molar-refractivity contribution is 8.00. The zero-order valence-corrected chi connectivity index (χ0v) is 17.9. The van der Waals surface area contributed by atoms with E-state index < -0.39 is 6.61 Å². The summed E-state index contributed by atoms with van der Waals surface area (Å²) in [5, 5.41) is 0. The third-order valence-electron chi connectivity index (χ3n) is 5.69. The third kappa shape index (κ3) is 5.18. The van der Waals surface area contributed by atoms with E-state index in [1.54, 1.807) is 33.7 Å². The summed E-state index contributed by atoms with van der Waals surface area (Å²) in [5.41, 5.74) is 2.91. The minimum absolute atomic E-state index is 0.0408. The van der Waals surface area contributed by atoms with Gasteiger partial charge in [-0.15, -0.1) is 11.8 Å². The van der Waals surface area contributed by atoms with Crippen LogP contribution in [0.3, 0.4) is 0 Å². The summed E-state index contributed by atoms with van der Waals surface area (Å²) in [7, 11) is 0. The summed E-state index contributed by atoms with van der Waals surface area (Å²) in [6.07, 6.45) is 3.45. The van der Waals surface area contributed by atoms with Crippen LogP contribution in [-0.4, -0.2) is 60.2 Å². The number of aryl methyl sites for hydroxylation is 2. The molecule has 1 aliphatic carbocycles. The Bertz CT molecular complexity index is 962. The molecule has 0 saturated carbocycles. The van der Waals surface area contributed by atoms with Crippen LogP contribution in [0.2, 0.25) is 0 Å². The molecule has 1 fully saturated rings. The van der Waals surface area contributed by atoms with E-state index in [1.165, 1.54) is 29.7 Å². The molecule has 0 radical (unpaired) electrons. The van der Waals surface area contributed by atoms with Crippen LogP contribution in [0.15, 0.2) is 47.4 Å². The van der Waals surface area contributed by atoms with Crippen LogP contribution in [0.5, 0.6) is 5.75 Å². The van der Waals surface area contributed by atoms with E-state index in [-0.39, 0.29) is 23.1 Å². The zero-order chi connectivity index (χ0) is 21.8. The van der Waals surface area contributed by atoms with Gasteiger partial charge in [0.05, 0.1) is 11.3 Å². The van der Waals surface area contributed by atoms with Crippen molar-refractivity contribution < 1.29 is 23.1 Å². The van der Waals surface area contributed by atoms with Gasteiger partial charge in [-0.2, -0.15) is 8.78 Å². The van der Waals surface area contributed by atoms with Gasteiger partial charge >= 0.3 is 6.61 Å². The van der Waals surface area contributed by atoms with Gasteiger partial charge in [0.2, 0.25) is 5.91 Å². The highest BCUT2D eigenvalue weighted by Gasteiger charge is 2.27. The molecular weight excluding hydrogens is 422 g/mol. The number of para-hydroxylation sites is 1. The molecule has 2 aromatic carbocycles. The maximum Gasteiger partial charge on any atom is 0.387 e. The van der Waals surface area contributed by atoms with E-state index in [0.717, 1.165) is 17.7 Å². The van der Waals surface area contributed by atoms with Crippen molar-refractivity contribution in [3.8, 4) is 5.75 Å². The first-order chi connectivity index (χ1) is 15.0. The number of piperazine rings is 1. The number of amides is 2. The highest BCUT2D eigenvalue weighted by Crippen LogP contribution is 2.28. The quantitative estimate of drug-likeness (QED) is 0.633. The molecule has 1 heterocycles. The topological polar surface area (TPSA) is 49.9 Å². The van der Waals surface area contributed by atoms with Crippen molar-refractivity contribution in [3.05, 3.63) is 59.2 Å². The number of hydrogen-bond acceptors (Lipinski definition) is 4. The summed E-state index contributed by atoms with van der Waals surface area (Å²) in [5.74, 6) is -0.0979. The van der Waals surface area contributed by atoms with Gasteiger partial charge in [-0.25, -0.2) is 0 Å². The molecule has 0 unspecified atom stereocenters. The zero-order valence-electron chi connectivity index (χ0n) is 17.1. The Balaban J connectivity index is 1.29. The molecule has 2 amide bonds. The van der Waals surface area contributed by atoms with Crippen LogP contribution in [0.1, 0.15) is 27.9 Å². The van der Waals surface area contributed by atoms with Crippen LogP contribution in [0.4, 0.5) is 8.78 Å². The number of ether oxygens (including phenoxy) is 1. The lowest BCUT2D eigenvalue weighted by Gasteiger charge is -2.35. The molecule has 31 heavy (non-hydrogen) atoms. The minimum atomic E-state index is -2.99. The van der Waals surface area contributed by atoms with Gasteiger partial charge in [-0.3, -0.25) is 9.59 Å². The number of thioether (sulfide) groups is 1. The van der Waals surface area contributed by atoms with Crippen LogP contribution >= 0.6 is 11.8 Å². The maximum absolute atomic E-state index is 12.8. The van der Waals surface area contributed by atoms with E-state index >= 15 is 0 Å². The number of benzene rings is 2. The number of halogens is 2. The smallest absolute Gasteiger partial charge is 0.387 e. The van der Waals surface area contributed by atoms with E-state index in [0.29, 0.717) is 31.9 Å². The molecular formula is C23H24F2N2O3S. The van der Waals surface area contributed by atoms with Crippen molar-refractivity contribution in [2.24, 2.45) is 0 Å². The molecule has 0 N–H and O–H groups in total. The standard InChI is InChI=1S/C23H24F2N2O3S/c24-23(25)30-20-7-2-1-6-19(20)22(29)27-12-10-26(11-13-27)21(28)15-31-18-9-8-16-4-3-5-17(16)14-18/h1-2,6-9,14,23H,3-5,10-13,15H2. The van der Waals surface area contributed by atoms with E-state index in [4.69, 9.17) is 0 Å². The molecule has 0 aromatic heterocycles. The predicted octanol–water partition coefficient (Wildman–Crippen LogP) is 3.85. The molecule has 2 aromatic rings. The summed E-state index contributed by atoms with van der Waals surface area (Å²) < 4.78 is 29.7. The Labute approximate surface area is 184 Å². The Morgan fingerprint density at radius 1 is 0.968 bits per heavy atom. The van der Waals surface area contributed by atoms with Gasteiger partial charge in [0.25, 0.3) is 5.91 Å². The summed E-state index contributed by atoms with van der Waals surface area (Å²) in [6.45, 7) is -1.43. The fourth-order valence-corrected chi connectivity index (χ4v) is 4.91. The normalized spacial score (nSPS) is 15.8. The Hall–Kier alpha value is -2.61. The van der Waals surface area contributed by atoms with Crippen LogP contribution in [0.25, 0.3) is 0 Å². The van der Waals surface area contributed by atoms with Crippen molar-refractivity contribution in [3.63, 3.8) is 0 Å². The minimum Gasteiger partial charge on any atom is -0.434 e. The van der Waals surface area contributed by atoms with Gasteiger partial charge in [0, 0.05) is 31.1 Å². The summed E-state index contributed by atoms with van der Waals surface area (Å²) in [4.78, 5) is 29.8. The van der Waals surface area contributed by atoms with E-state index in [9.17, 15) is 18.4 Å².